The van der Waals surface area contributed by atoms with Crippen LogP contribution in [0.15, 0.2) is 12.7 Å². The third-order valence-electron chi connectivity index (χ3n) is 4.43. The molecule has 0 unspecified atom stereocenters. The summed E-state index contributed by atoms with van der Waals surface area (Å²) >= 11 is 0. The average molecular weight is 318 g/mol. The summed E-state index contributed by atoms with van der Waals surface area (Å²) in [4.78, 5) is 16.5. The van der Waals surface area contributed by atoms with E-state index in [2.05, 4.69) is 30.9 Å². The third-order valence-corrected chi connectivity index (χ3v) is 4.43. The van der Waals surface area contributed by atoms with Gasteiger partial charge in [0.05, 0.1) is 13.1 Å². The molecule has 1 fully saturated rings. The van der Waals surface area contributed by atoms with E-state index in [0.717, 1.165) is 25.7 Å². The minimum Gasteiger partial charge on any atom is -0.349 e. The molecular weight excluding hydrogens is 296 g/mol. The zero-order valence-corrected chi connectivity index (χ0v) is 13.4. The Morgan fingerprint density at radius 2 is 2.13 bits per heavy atom. The molecule has 3 rings (SSSR count). The number of carbonyl (C=O) groups excluding carboxylic acids is 1. The zero-order valence-electron chi connectivity index (χ0n) is 13.4. The number of aryl methyl sites for hydroxylation is 1. The molecule has 0 bridgehead atoms. The minimum atomic E-state index is -0.0603. The van der Waals surface area contributed by atoms with Gasteiger partial charge in [-0.05, 0) is 28.7 Å². The number of tetrazole rings is 1. The molecule has 2 heterocycles. The summed E-state index contributed by atoms with van der Waals surface area (Å²) in [7, 11) is 1.81. The maximum atomic E-state index is 12.4. The van der Waals surface area contributed by atoms with Gasteiger partial charge in [-0.2, -0.15) is 5.10 Å². The normalized spacial score (nSPS) is 17.1. The third kappa shape index (κ3) is 4.11. The predicted molar refractivity (Wildman–Crippen MR) is 80.8 cm³/mol. The van der Waals surface area contributed by atoms with Crippen molar-refractivity contribution in [1.29, 1.82) is 0 Å². The van der Waals surface area contributed by atoms with Crippen molar-refractivity contribution in [2.75, 3.05) is 0 Å². The number of rotatable bonds is 6. The highest BCUT2D eigenvalue weighted by atomic mass is 16.1. The Morgan fingerprint density at radius 3 is 2.78 bits per heavy atom. The summed E-state index contributed by atoms with van der Waals surface area (Å²) in [6.07, 6.45) is 9.32. The van der Waals surface area contributed by atoms with Gasteiger partial charge in [-0.15, -0.1) is 5.10 Å². The van der Waals surface area contributed by atoms with E-state index in [4.69, 9.17) is 0 Å². The topological polar surface area (TPSA) is 103 Å². The van der Waals surface area contributed by atoms with Crippen molar-refractivity contribution < 1.29 is 4.79 Å². The van der Waals surface area contributed by atoms with Gasteiger partial charge in [0.25, 0.3) is 0 Å². The maximum absolute atomic E-state index is 12.4. The van der Waals surface area contributed by atoms with E-state index in [1.807, 2.05) is 7.05 Å². The van der Waals surface area contributed by atoms with Gasteiger partial charge in [0.15, 0.2) is 5.82 Å². The molecular formula is C14H22N8O. The van der Waals surface area contributed by atoms with Crippen LogP contribution in [0.4, 0.5) is 0 Å². The van der Waals surface area contributed by atoms with Crippen LogP contribution in [0.25, 0.3) is 0 Å². The van der Waals surface area contributed by atoms with E-state index in [1.54, 1.807) is 22.0 Å². The molecule has 1 saturated carbocycles. The molecule has 9 nitrogen and oxygen atoms in total. The number of carbonyl (C=O) groups is 1. The Kier molecular flexibility index (Phi) is 4.63. The van der Waals surface area contributed by atoms with Crippen LogP contribution in [0.1, 0.15) is 44.3 Å². The molecule has 124 valence electrons. The molecule has 23 heavy (non-hydrogen) atoms. The molecule has 2 aromatic heterocycles. The number of hydrogen-bond donors (Lipinski definition) is 1. The summed E-state index contributed by atoms with van der Waals surface area (Å²) in [5.74, 6) is 0.659. The van der Waals surface area contributed by atoms with Crippen molar-refractivity contribution in [3.8, 4) is 0 Å². The van der Waals surface area contributed by atoms with Crippen LogP contribution in [0.5, 0.6) is 0 Å². The summed E-state index contributed by atoms with van der Waals surface area (Å²) in [5, 5.41) is 18.4. The molecule has 0 radical (unpaired) electrons. The molecule has 0 saturated heterocycles. The van der Waals surface area contributed by atoms with Gasteiger partial charge < -0.3 is 5.32 Å². The summed E-state index contributed by atoms with van der Waals surface area (Å²) < 4.78 is 3.36. The quantitative estimate of drug-likeness (QED) is 0.830. The molecule has 0 atom stereocenters. The maximum Gasteiger partial charge on any atom is 0.221 e. The van der Waals surface area contributed by atoms with Crippen LogP contribution >= 0.6 is 0 Å². The fourth-order valence-corrected chi connectivity index (χ4v) is 3.33. The van der Waals surface area contributed by atoms with E-state index in [0.29, 0.717) is 25.3 Å². The Hall–Kier alpha value is -2.32. The highest BCUT2D eigenvalue weighted by molar-refractivity contribution is 5.76. The van der Waals surface area contributed by atoms with Gasteiger partial charge in [-0.1, -0.05) is 19.3 Å². The molecule has 1 N–H and O–H groups in total. The lowest BCUT2D eigenvalue weighted by atomic mass is 9.71. The standard InChI is InChI=1S/C14H22N8O/c1-21-10-16-12(18-21)8-15-13(23)7-14(5-3-2-4-6-14)9-22-11-17-19-20-22/h10-11H,2-9H2,1H3,(H,15,23). The molecule has 1 aliphatic rings. The van der Waals surface area contributed by atoms with E-state index in [-0.39, 0.29) is 11.3 Å². The molecule has 0 aliphatic heterocycles. The summed E-state index contributed by atoms with van der Waals surface area (Å²) in [5.41, 5.74) is -0.0603. The number of aromatic nitrogens is 7. The highest BCUT2D eigenvalue weighted by Gasteiger charge is 2.35. The molecule has 1 aliphatic carbocycles. The van der Waals surface area contributed by atoms with Crippen molar-refractivity contribution in [1.82, 2.24) is 40.3 Å². The van der Waals surface area contributed by atoms with Gasteiger partial charge >= 0.3 is 0 Å². The number of amides is 1. The smallest absolute Gasteiger partial charge is 0.221 e. The number of hydrogen-bond acceptors (Lipinski definition) is 6. The molecule has 2 aromatic rings. The first-order valence-corrected chi connectivity index (χ1v) is 7.97. The number of nitrogens with one attached hydrogen (secondary N) is 1. The van der Waals surface area contributed by atoms with Crippen LogP contribution < -0.4 is 5.32 Å². The Labute approximate surface area is 134 Å². The van der Waals surface area contributed by atoms with Crippen LogP contribution in [0.2, 0.25) is 0 Å². The van der Waals surface area contributed by atoms with Gasteiger partial charge in [-0.3, -0.25) is 9.48 Å². The van der Waals surface area contributed by atoms with Gasteiger partial charge in [-0.25, -0.2) is 9.67 Å². The predicted octanol–water partition coefficient (Wildman–Crippen LogP) is 0.459. The first-order chi connectivity index (χ1) is 11.2. The largest absolute Gasteiger partial charge is 0.349 e. The lowest BCUT2D eigenvalue weighted by Gasteiger charge is -2.36. The van der Waals surface area contributed by atoms with Crippen molar-refractivity contribution in [2.45, 2.75) is 51.6 Å². The van der Waals surface area contributed by atoms with Crippen molar-refractivity contribution in [3.63, 3.8) is 0 Å². The van der Waals surface area contributed by atoms with Gasteiger partial charge in [0.2, 0.25) is 5.91 Å². The van der Waals surface area contributed by atoms with Crippen LogP contribution in [-0.2, 0) is 24.9 Å². The fraction of sp³-hybridized carbons (Fsp3) is 0.714. The lowest BCUT2D eigenvalue weighted by Crippen LogP contribution is -2.36. The summed E-state index contributed by atoms with van der Waals surface area (Å²) in [6, 6.07) is 0. The van der Waals surface area contributed by atoms with E-state index >= 15 is 0 Å². The van der Waals surface area contributed by atoms with Crippen LogP contribution in [-0.4, -0.2) is 40.9 Å². The highest BCUT2D eigenvalue weighted by Crippen LogP contribution is 2.40. The average Bonchev–Trinajstić information content (AvgIpc) is 3.17. The SMILES string of the molecule is Cn1cnc(CNC(=O)CC2(Cn3cnnn3)CCCCC2)n1. The molecule has 0 spiro atoms. The Bertz CT molecular complexity index is 629. The van der Waals surface area contributed by atoms with Crippen molar-refractivity contribution >= 4 is 5.91 Å². The fourth-order valence-electron chi connectivity index (χ4n) is 3.33. The van der Waals surface area contributed by atoms with Gasteiger partial charge in [0, 0.05) is 13.5 Å². The second-order valence-electron chi connectivity index (χ2n) is 6.36. The molecule has 1 amide bonds. The van der Waals surface area contributed by atoms with E-state index in [1.165, 1.54) is 6.42 Å². The van der Waals surface area contributed by atoms with E-state index < -0.39 is 0 Å². The summed E-state index contributed by atoms with van der Waals surface area (Å²) in [6.45, 7) is 1.05. The minimum absolute atomic E-state index is 0.0347. The molecule has 0 aromatic carbocycles. The Balaban J connectivity index is 1.59. The second-order valence-corrected chi connectivity index (χ2v) is 6.36. The zero-order chi connectivity index (χ0) is 16.1. The van der Waals surface area contributed by atoms with Crippen molar-refractivity contribution in [3.05, 3.63) is 18.5 Å². The first-order valence-electron chi connectivity index (χ1n) is 7.97. The van der Waals surface area contributed by atoms with Crippen LogP contribution in [0, 0.1) is 5.41 Å². The second kappa shape index (κ2) is 6.84. The van der Waals surface area contributed by atoms with E-state index in [9.17, 15) is 4.79 Å². The van der Waals surface area contributed by atoms with Gasteiger partial charge in [0.1, 0.15) is 12.7 Å². The lowest BCUT2D eigenvalue weighted by molar-refractivity contribution is -0.124. The number of nitrogens with zero attached hydrogens (tertiary/aromatic N) is 7. The first kappa shape index (κ1) is 15.6. The monoisotopic (exact) mass is 318 g/mol. The van der Waals surface area contributed by atoms with Crippen LogP contribution in [0.3, 0.4) is 0 Å². The Morgan fingerprint density at radius 1 is 1.30 bits per heavy atom. The van der Waals surface area contributed by atoms with Crippen molar-refractivity contribution in [2.24, 2.45) is 12.5 Å². The molecule has 9 heteroatoms.